The zero-order valence-corrected chi connectivity index (χ0v) is 22.9. The van der Waals surface area contributed by atoms with E-state index in [-0.39, 0.29) is 60.9 Å². The largest absolute Gasteiger partial charge is 0.348 e. The van der Waals surface area contributed by atoms with Crippen LogP contribution in [0.1, 0.15) is 64.8 Å². The van der Waals surface area contributed by atoms with Gasteiger partial charge in [-0.1, -0.05) is 30.3 Å². The van der Waals surface area contributed by atoms with Crippen LogP contribution in [0.3, 0.4) is 0 Å². The van der Waals surface area contributed by atoms with Gasteiger partial charge in [0.25, 0.3) is 5.91 Å². The molecule has 1 aliphatic carbocycles. The van der Waals surface area contributed by atoms with Gasteiger partial charge in [0.05, 0.1) is 25.2 Å². The summed E-state index contributed by atoms with van der Waals surface area (Å²) < 4.78 is 0. The number of nitrogens with zero attached hydrogens (tertiary/aromatic N) is 1. The van der Waals surface area contributed by atoms with E-state index in [4.69, 9.17) is 5.73 Å². The third-order valence-electron chi connectivity index (χ3n) is 8.27. The lowest BCUT2D eigenvalue weighted by atomic mass is 9.87. The molecule has 0 radical (unpaired) electrons. The summed E-state index contributed by atoms with van der Waals surface area (Å²) in [4.78, 5) is 52.1. The van der Waals surface area contributed by atoms with Crippen LogP contribution < -0.4 is 27.0 Å². The third kappa shape index (κ3) is 6.18. The fraction of sp³-hybridized carbons (Fsp3) is 0.467. The molecule has 5 rings (SSSR count). The molecule has 3 aliphatic rings. The van der Waals surface area contributed by atoms with Crippen molar-refractivity contribution in [1.29, 1.82) is 0 Å². The number of hydrogen-bond acceptors (Lipinski definition) is 6. The van der Waals surface area contributed by atoms with Crippen LogP contribution in [0.15, 0.2) is 42.5 Å². The molecule has 2 aromatic carbocycles. The number of fused-ring (bicyclic) bond motifs is 2. The average molecular weight is 547 g/mol. The van der Waals surface area contributed by atoms with E-state index in [1.165, 1.54) is 11.1 Å². The molecule has 212 valence electrons. The van der Waals surface area contributed by atoms with Crippen molar-refractivity contribution in [2.75, 3.05) is 19.6 Å². The van der Waals surface area contributed by atoms with Gasteiger partial charge in [-0.05, 0) is 73.4 Å². The highest BCUT2D eigenvalue weighted by Gasteiger charge is 2.33. The quantitative estimate of drug-likeness (QED) is 0.346. The number of amides is 4. The molecule has 4 unspecified atom stereocenters. The highest BCUT2D eigenvalue weighted by atomic mass is 16.2. The first kappa shape index (κ1) is 27.8. The molecule has 1 fully saturated rings. The molecule has 0 spiro atoms. The lowest BCUT2D eigenvalue weighted by molar-refractivity contribution is -0.135. The summed E-state index contributed by atoms with van der Waals surface area (Å²) in [6.45, 7) is 2.59. The summed E-state index contributed by atoms with van der Waals surface area (Å²) in [6.07, 6.45) is 4.21. The summed E-state index contributed by atoms with van der Waals surface area (Å²) in [5.74, 6) is -0.803. The van der Waals surface area contributed by atoms with Crippen LogP contribution in [-0.4, -0.2) is 66.3 Å². The van der Waals surface area contributed by atoms with Gasteiger partial charge in [0.2, 0.25) is 17.7 Å². The molecule has 4 atom stereocenters. The van der Waals surface area contributed by atoms with Crippen LogP contribution in [-0.2, 0) is 33.8 Å². The second-order valence-electron chi connectivity index (χ2n) is 11.1. The van der Waals surface area contributed by atoms with Crippen molar-refractivity contribution in [3.8, 4) is 0 Å². The van der Waals surface area contributed by atoms with Crippen molar-refractivity contribution in [3.63, 3.8) is 0 Å². The summed E-state index contributed by atoms with van der Waals surface area (Å²) in [5.41, 5.74) is 10.3. The molecule has 0 saturated carbocycles. The van der Waals surface area contributed by atoms with Gasteiger partial charge >= 0.3 is 0 Å². The Hall–Kier alpha value is -3.76. The van der Waals surface area contributed by atoms with Gasteiger partial charge in [0.1, 0.15) is 0 Å². The molecule has 6 N–H and O–H groups in total. The van der Waals surface area contributed by atoms with Crippen LogP contribution in [0.2, 0.25) is 0 Å². The number of benzene rings is 2. The fourth-order valence-electron chi connectivity index (χ4n) is 6.05. The monoisotopic (exact) mass is 546 g/mol. The Balaban J connectivity index is 1.16. The molecule has 0 bridgehead atoms. The van der Waals surface area contributed by atoms with E-state index in [0.717, 1.165) is 30.4 Å². The van der Waals surface area contributed by atoms with Crippen LogP contribution in [0.25, 0.3) is 0 Å². The second-order valence-corrected chi connectivity index (χ2v) is 11.1. The highest BCUT2D eigenvalue weighted by molar-refractivity contribution is 5.95. The minimum Gasteiger partial charge on any atom is -0.348 e. The number of aryl methyl sites for hydroxylation is 1. The smallest absolute Gasteiger partial charge is 0.251 e. The minimum atomic E-state index is -0.377. The lowest BCUT2D eigenvalue weighted by Crippen LogP contribution is -2.47. The number of carbonyl (C=O) groups excluding carboxylic acids is 4. The van der Waals surface area contributed by atoms with E-state index < -0.39 is 0 Å². The Morgan fingerprint density at radius 3 is 2.70 bits per heavy atom. The molecule has 2 aromatic rings. The maximum Gasteiger partial charge on any atom is 0.251 e. The van der Waals surface area contributed by atoms with E-state index in [1.54, 1.807) is 4.90 Å². The molecule has 10 heteroatoms. The first-order valence-electron chi connectivity index (χ1n) is 14.1. The van der Waals surface area contributed by atoms with E-state index in [9.17, 15) is 19.2 Å². The van der Waals surface area contributed by atoms with Gasteiger partial charge in [-0.2, -0.15) is 0 Å². The van der Waals surface area contributed by atoms with Crippen molar-refractivity contribution >= 4 is 23.6 Å². The maximum atomic E-state index is 13.1. The Labute approximate surface area is 234 Å². The standard InChI is InChI=1S/C30H38N6O4/c1-18-11-20-9-10-21(12-22(20)17-36(18)28(38)16-33-27(37)14-31)29(39)34-23-13-26(32-15-23)30(40)35-25-8-4-6-19-5-2-3-7-24(19)25/h2-3,5,7,9-10,12,18,23,25-26,32H,4,6,8,11,13-17,31H2,1H3,(H,33,37)(H,34,39)(H,35,40). The number of nitrogens with two attached hydrogens (primary N) is 1. The van der Waals surface area contributed by atoms with Gasteiger partial charge in [-0.25, -0.2) is 0 Å². The van der Waals surface area contributed by atoms with E-state index in [0.29, 0.717) is 31.5 Å². The summed E-state index contributed by atoms with van der Waals surface area (Å²) in [7, 11) is 0. The molecule has 40 heavy (non-hydrogen) atoms. The van der Waals surface area contributed by atoms with Crippen LogP contribution in [0, 0.1) is 0 Å². The van der Waals surface area contributed by atoms with E-state index in [2.05, 4.69) is 33.4 Å². The Kier molecular flexibility index (Phi) is 8.46. The summed E-state index contributed by atoms with van der Waals surface area (Å²) in [5, 5.41) is 12.1. The molecule has 4 amide bonds. The van der Waals surface area contributed by atoms with E-state index >= 15 is 0 Å². The topological polar surface area (TPSA) is 146 Å². The van der Waals surface area contributed by atoms with Gasteiger partial charge in [0.15, 0.2) is 0 Å². The molecule has 2 heterocycles. The predicted molar refractivity (Wildman–Crippen MR) is 150 cm³/mol. The van der Waals surface area contributed by atoms with Crippen molar-refractivity contribution < 1.29 is 19.2 Å². The fourth-order valence-corrected chi connectivity index (χ4v) is 6.05. The van der Waals surface area contributed by atoms with Crippen LogP contribution in [0.5, 0.6) is 0 Å². The van der Waals surface area contributed by atoms with Gasteiger partial charge in [-0.15, -0.1) is 0 Å². The van der Waals surface area contributed by atoms with E-state index in [1.807, 2.05) is 37.3 Å². The number of carbonyl (C=O) groups is 4. The van der Waals surface area contributed by atoms with Gasteiger partial charge < -0.3 is 31.9 Å². The lowest BCUT2D eigenvalue weighted by Gasteiger charge is -2.35. The van der Waals surface area contributed by atoms with Crippen LogP contribution >= 0.6 is 0 Å². The number of hydrogen-bond donors (Lipinski definition) is 5. The average Bonchev–Trinajstić information content (AvgIpc) is 3.44. The zero-order chi connectivity index (χ0) is 28.2. The Morgan fingerprint density at radius 1 is 1.05 bits per heavy atom. The number of nitrogens with one attached hydrogen (secondary N) is 4. The Bertz CT molecular complexity index is 1300. The zero-order valence-electron chi connectivity index (χ0n) is 22.9. The van der Waals surface area contributed by atoms with Crippen LogP contribution in [0.4, 0.5) is 0 Å². The molecular formula is C30H38N6O4. The summed E-state index contributed by atoms with van der Waals surface area (Å²) in [6, 6.07) is 13.4. The number of rotatable bonds is 7. The van der Waals surface area contributed by atoms with Crippen molar-refractivity contribution in [2.45, 2.75) is 69.7 Å². The highest BCUT2D eigenvalue weighted by Crippen LogP contribution is 2.30. The molecule has 0 aromatic heterocycles. The molecule has 2 aliphatic heterocycles. The molecule has 10 nitrogen and oxygen atoms in total. The van der Waals surface area contributed by atoms with Gasteiger partial charge in [0, 0.05) is 30.7 Å². The SMILES string of the molecule is CC1Cc2ccc(C(=O)NC3CNC(C(=O)NC4CCCc5ccccc54)C3)cc2CN1C(=O)CNC(=O)CN. The second kappa shape index (κ2) is 12.2. The summed E-state index contributed by atoms with van der Waals surface area (Å²) >= 11 is 0. The van der Waals surface area contributed by atoms with Crippen molar-refractivity contribution in [2.24, 2.45) is 5.73 Å². The first-order valence-corrected chi connectivity index (χ1v) is 14.1. The van der Waals surface area contributed by atoms with Crippen molar-refractivity contribution in [3.05, 3.63) is 70.3 Å². The predicted octanol–water partition coefficient (Wildman–Crippen LogP) is 0.689. The van der Waals surface area contributed by atoms with Crippen molar-refractivity contribution in [1.82, 2.24) is 26.2 Å². The first-order chi connectivity index (χ1) is 19.3. The molecule has 1 saturated heterocycles. The minimum absolute atomic E-state index is 0.0227. The molecular weight excluding hydrogens is 508 g/mol. The maximum absolute atomic E-state index is 13.1. The van der Waals surface area contributed by atoms with Gasteiger partial charge in [-0.3, -0.25) is 19.2 Å². The normalized spacial score (nSPS) is 23.5. The third-order valence-corrected chi connectivity index (χ3v) is 8.27. The Morgan fingerprint density at radius 2 is 1.88 bits per heavy atom.